The molecule has 0 aromatic rings. The molecule has 0 bridgehead atoms. The van der Waals surface area contributed by atoms with Crippen LogP contribution in [-0.4, -0.2) is 28.6 Å². The Labute approximate surface area is 133 Å². The Bertz CT molecular complexity index is 455. The van der Waals surface area contributed by atoms with E-state index in [2.05, 4.69) is 13.8 Å². The number of hydrogen-bond donors (Lipinski definition) is 2. The second-order valence-electron chi connectivity index (χ2n) is 9.28. The number of aliphatic hydroxyl groups is 2. The maximum Gasteiger partial charge on any atom is 0.127 e. The highest BCUT2D eigenvalue weighted by molar-refractivity contribution is 5.12. The van der Waals surface area contributed by atoms with Crippen LogP contribution in [0.15, 0.2) is 0 Å². The largest absolute Gasteiger partial charge is 0.393 e. The van der Waals surface area contributed by atoms with Crippen LogP contribution in [0.5, 0.6) is 0 Å². The monoisotopic (exact) mass is 310 g/mol. The molecule has 0 aromatic heterocycles. The predicted molar refractivity (Wildman–Crippen MR) is 84.0 cm³/mol. The van der Waals surface area contributed by atoms with Crippen molar-refractivity contribution in [2.24, 2.45) is 34.5 Å². The van der Waals surface area contributed by atoms with Gasteiger partial charge in [-0.2, -0.15) is 0 Å². The highest BCUT2D eigenvalue weighted by atomic mass is 19.1. The lowest BCUT2D eigenvalue weighted by atomic mass is 9.44. The van der Waals surface area contributed by atoms with Gasteiger partial charge in [0.05, 0.1) is 12.2 Å². The third kappa shape index (κ3) is 1.84. The number of fused-ring (bicyclic) bond motifs is 5. The van der Waals surface area contributed by atoms with E-state index in [0.717, 1.165) is 19.3 Å². The first kappa shape index (κ1) is 15.4. The fourth-order valence-corrected chi connectivity index (χ4v) is 7.20. The van der Waals surface area contributed by atoms with Gasteiger partial charge in [0.15, 0.2) is 0 Å². The van der Waals surface area contributed by atoms with Gasteiger partial charge in [0, 0.05) is 0 Å². The van der Waals surface area contributed by atoms with E-state index in [-0.39, 0.29) is 23.4 Å². The van der Waals surface area contributed by atoms with Crippen LogP contribution in [0.25, 0.3) is 0 Å². The van der Waals surface area contributed by atoms with E-state index in [9.17, 15) is 14.6 Å². The molecule has 0 aliphatic heterocycles. The molecule has 4 aliphatic carbocycles. The first-order chi connectivity index (χ1) is 10.4. The van der Waals surface area contributed by atoms with Crippen molar-refractivity contribution in [1.82, 2.24) is 0 Å². The molecule has 0 saturated heterocycles. The maximum atomic E-state index is 14.2. The quantitative estimate of drug-likeness (QED) is 0.716. The molecule has 0 aromatic carbocycles. The fraction of sp³-hybridized carbons (Fsp3) is 1.00. The van der Waals surface area contributed by atoms with Crippen LogP contribution in [0, 0.1) is 34.5 Å². The van der Waals surface area contributed by atoms with Gasteiger partial charge in [-0.05, 0) is 73.0 Å². The van der Waals surface area contributed by atoms with Gasteiger partial charge in [-0.15, -0.1) is 0 Å². The normalized spacial score (nSPS) is 61.2. The Morgan fingerprint density at radius 3 is 2.45 bits per heavy atom. The molecule has 4 rings (SSSR count). The molecule has 0 heterocycles. The van der Waals surface area contributed by atoms with Crippen molar-refractivity contribution in [2.45, 2.75) is 83.6 Å². The summed E-state index contributed by atoms with van der Waals surface area (Å²) < 4.78 is 14.2. The highest BCUT2D eigenvalue weighted by Gasteiger charge is 2.64. The van der Waals surface area contributed by atoms with Gasteiger partial charge in [-0.1, -0.05) is 26.7 Å². The molecule has 0 spiro atoms. The van der Waals surface area contributed by atoms with Gasteiger partial charge in [-0.3, -0.25) is 0 Å². The molecule has 9 atom stereocenters. The Morgan fingerprint density at radius 2 is 1.68 bits per heavy atom. The second-order valence-corrected chi connectivity index (χ2v) is 9.28. The summed E-state index contributed by atoms with van der Waals surface area (Å²) in [4.78, 5) is 0. The molecule has 4 fully saturated rings. The lowest BCUT2D eigenvalue weighted by Crippen LogP contribution is -2.58. The molecule has 0 amide bonds. The van der Waals surface area contributed by atoms with E-state index < -0.39 is 12.3 Å². The molecular formula is C19H31FO2. The SMILES string of the molecule is C[C@]12CC[C@H]3[C@@H]([C@@H](O)CC4CCCC[C@@]43C)[C@@H]1C[C@@H](F)[C@@H]2O. The number of halogens is 1. The summed E-state index contributed by atoms with van der Waals surface area (Å²) in [6.07, 6.45) is 6.27. The molecule has 0 radical (unpaired) electrons. The average molecular weight is 310 g/mol. The maximum absolute atomic E-state index is 14.2. The molecule has 4 aliphatic rings. The van der Waals surface area contributed by atoms with Gasteiger partial charge in [0.1, 0.15) is 6.17 Å². The third-order valence-corrected chi connectivity index (χ3v) is 8.54. The standard InChI is InChI=1S/C19H31FO2/c1-18-7-4-3-5-11(18)9-15(21)16-12(18)6-8-19(2)13(16)10-14(20)17(19)22/h11-17,21-22H,3-10H2,1-2H3/t11?,12-,13-,14+,15-,16+,17-,18-,19-/m0/s1. The van der Waals surface area contributed by atoms with E-state index in [4.69, 9.17) is 0 Å². The summed E-state index contributed by atoms with van der Waals surface area (Å²) in [7, 11) is 0. The zero-order valence-corrected chi connectivity index (χ0v) is 14.0. The molecule has 4 saturated carbocycles. The van der Waals surface area contributed by atoms with Crippen molar-refractivity contribution < 1.29 is 14.6 Å². The average Bonchev–Trinajstić information content (AvgIpc) is 2.71. The lowest BCUT2D eigenvalue weighted by molar-refractivity contribution is -0.168. The van der Waals surface area contributed by atoms with Crippen LogP contribution in [0.4, 0.5) is 4.39 Å². The van der Waals surface area contributed by atoms with Crippen molar-refractivity contribution >= 4 is 0 Å². The van der Waals surface area contributed by atoms with Crippen LogP contribution < -0.4 is 0 Å². The highest BCUT2D eigenvalue weighted by Crippen LogP contribution is 2.66. The van der Waals surface area contributed by atoms with E-state index >= 15 is 0 Å². The first-order valence-electron chi connectivity index (χ1n) is 9.38. The van der Waals surface area contributed by atoms with Gasteiger partial charge in [0.2, 0.25) is 0 Å². The summed E-state index contributed by atoms with van der Waals surface area (Å²) in [5.41, 5.74) is 0.0161. The fourth-order valence-electron chi connectivity index (χ4n) is 7.20. The number of aliphatic hydroxyl groups excluding tert-OH is 2. The lowest BCUT2D eigenvalue weighted by Gasteiger charge is -2.61. The summed E-state index contributed by atoms with van der Waals surface area (Å²) in [5.74, 6) is 1.53. The smallest absolute Gasteiger partial charge is 0.127 e. The van der Waals surface area contributed by atoms with Crippen LogP contribution in [0.3, 0.4) is 0 Å². The van der Waals surface area contributed by atoms with Crippen molar-refractivity contribution in [3.8, 4) is 0 Å². The first-order valence-corrected chi connectivity index (χ1v) is 9.38. The molecule has 126 valence electrons. The van der Waals surface area contributed by atoms with Crippen LogP contribution in [-0.2, 0) is 0 Å². The number of hydrogen-bond acceptors (Lipinski definition) is 2. The topological polar surface area (TPSA) is 40.5 Å². The van der Waals surface area contributed by atoms with Gasteiger partial charge >= 0.3 is 0 Å². The zero-order valence-electron chi connectivity index (χ0n) is 14.0. The molecule has 2 nitrogen and oxygen atoms in total. The summed E-state index contributed by atoms with van der Waals surface area (Å²) in [6.45, 7) is 4.52. The minimum Gasteiger partial charge on any atom is -0.393 e. The summed E-state index contributed by atoms with van der Waals surface area (Å²) >= 11 is 0. The second kappa shape index (κ2) is 4.92. The Kier molecular flexibility index (Phi) is 3.44. The van der Waals surface area contributed by atoms with Crippen LogP contribution in [0.1, 0.15) is 65.2 Å². The van der Waals surface area contributed by atoms with Crippen molar-refractivity contribution in [3.05, 3.63) is 0 Å². The van der Waals surface area contributed by atoms with Crippen molar-refractivity contribution in [1.29, 1.82) is 0 Å². The number of rotatable bonds is 0. The predicted octanol–water partition coefficient (Wildman–Crippen LogP) is 3.70. The third-order valence-electron chi connectivity index (χ3n) is 8.54. The Hall–Kier alpha value is -0.150. The van der Waals surface area contributed by atoms with E-state index in [1.807, 2.05) is 0 Å². The van der Waals surface area contributed by atoms with E-state index in [0.29, 0.717) is 23.7 Å². The van der Waals surface area contributed by atoms with E-state index in [1.165, 1.54) is 25.7 Å². The molecule has 2 N–H and O–H groups in total. The zero-order chi connectivity index (χ0) is 15.7. The molecule has 22 heavy (non-hydrogen) atoms. The van der Waals surface area contributed by atoms with Gasteiger partial charge in [0.25, 0.3) is 0 Å². The van der Waals surface area contributed by atoms with Crippen molar-refractivity contribution in [2.75, 3.05) is 0 Å². The van der Waals surface area contributed by atoms with Crippen LogP contribution in [0.2, 0.25) is 0 Å². The molecule has 3 heteroatoms. The molecule has 1 unspecified atom stereocenters. The Morgan fingerprint density at radius 1 is 0.909 bits per heavy atom. The van der Waals surface area contributed by atoms with Gasteiger partial charge in [-0.25, -0.2) is 4.39 Å². The molecular weight excluding hydrogens is 279 g/mol. The van der Waals surface area contributed by atoms with Gasteiger partial charge < -0.3 is 10.2 Å². The van der Waals surface area contributed by atoms with E-state index in [1.54, 1.807) is 0 Å². The minimum absolute atomic E-state index is 0.158. The minimum atomic E-state index is -1.10. The summed E-state index contributed by atoms with van der Waals surface area (Å²) in [5, 5.41) is 21.3. The Balaban J connectivity index is 1.70. The summed E-state index contributed by atoms with van der Waals surface area (Å²) in [6, 6.07) is 0. The van der Waals surface area contributed by atoms with Crippen LogP contribution >= 0.6 is 0 Å². The van der Waals surface area contributed by atoms with Crippen molar-refractivity contribution in [3.63, 3.8) is 0 Å². The number of alkyl halides is 1.